The fraction of sp³-hybridized carbons (Fsp3) is 0. The van der Waals surface area contributed by atoms with Crippen molar-refractivity contribution in [2.75, 3.05) is 11.1 Å². The van der Waals surface area contributed by atoms with Crippen LogP contribution in [-0.4, -0.2) is 11.8 Å². The Balaban J connectivity index is 2.15. The number of anilines is 2. The number of hydrogen-bond acceptors (Lipinski definition) is 3. The van der Waals surface area contributed by atoms with Gasteiger partial charge >= 0.3 is 0 Å². The van der Waals surface area contributed by atoms with E-state index >= 15 is 0 Å². The predicted molar refractivity (Wildman–Crippen MR) is 73.8 cm³/mol. The normalized spacial score (nSPS) is 9.89. The van der Waals surface area contributed by atoms with E-state index in [1.807, 2.05) is 0 Å². The first-order chi connectivity index (χ1) is 9.08. The fourth-order valence-electron chi connectivity index (χ4n) is 1.62. The summed E-state index contributed by atoms with van der Waals surface area (Å²) in [6, 6.07) is 13.1. The van der Waals surface area contributed by atoms with Crippen molar-refractivity contribution in [1.82, 2.24) is 0 Å². The number of amides is 2. The number of hydrogen-bond donors (Lipinski definition) is 3. The zero-order valence-electron chi connectivity index (χ0n) is 10.1. The Labute approximate surface area is 110 Å². The van der Waals surface area contributed by atoms with E-state index in [9.17, 15) is 9.59 Å². The summed E-state index contributed by atoms with van der Waals surface area (Å²) in [5.74, 6) is -0.810. The molecule has 0 atom stereocenters. The number of carbonyl (C=O) groups excluding carboxylic acids is 2. The molecule has 5 N–H and O–H groups in total. The third-order valence-corrected chi connectivity index (χ3v) is 2.63. The number of carbonyl (C=O) groups is 2. The van der Waals surface area contributed by atoms with Crippen LogP contribution in [0.1, 0.15) is 20.7 Å². The molecule has 0 fully saturated rings. The maximum absolute atomic E-state index is 12.0. The van der Waals surface area contributed by atoms with Crippen LogP contribution in [0, 0.1) is 0 Å². The van der Waals surface area contributed by atoms with Crippen molar-refractivity contribution in [3.63, 3.8) is 0 Å². The monoisotopic (exact) mass is 255 g/mol. The first-order valence-electron chi connectivity index (χ1n) is 5.63. The topological polar surface area (TPSA) is 98.2 Å². The van der Waals surface area contributed by atoms with Crippen LogP contribution in [0.3, 0.4) is 0 Å². The summed E-state index contributed by atoms with van der Waals surface area (Å²) in [6.45, 7) is 0. The van der Waals surface area contributed by atoms with Gasteiger partial charge in [0.2, 0.25) is 5.91 Å². The van der Waals surface area contributed by atoms with Crippen LogP contribution in [0.5, 0.6) is 0 Å². The zero-order chi connectivity index (χ0) is 13.8. The number of nitrogen functional groups attached to an aromatic ring is 1. The summed E-state index contributed by atoms with van der Waals surface area (Å²) in [5.41, 5.74) is 12.6. The highest BCUT2D eigenvalue weighted by atomic mass is 16.2. The van der Waals surface area contributed by atoms with Gasteiger partial charge in [0.05, 0.1) is 5.56 Å². The van der Waals surface area contributed by atoms with Gasteiger partial charge in [-0.2, -0.15) is 0 Å². The largest absolute Gasteiger partial charge is 0.398 e. The number of benzene rings is 2. The van der Waals surface area contributed by atoms with Crippen LogP contribution in [0.15, 0.2) is 48.5 Å². The molecule has 5 nitrogen and oxygen atoms in total. The van der Waals surface area contributed by atoms with E-state index in [0.717, 1.165) is 0 Å². The number of rotatable bonds is 3. The Morgan fingerprint density at radius 3 is 2.16 bits per heavy atom. The summed E-state index contributed by atoms with van der Waals surface area (Å²) >= 11 is 0. The standard InChI is InChI=1S/C14H13N3O2/c15-12-4-2-1-3-11(12)14(19)17-10-7-5-9(6-8-10)13(16)18/h1-8H,15H2,(H2,16,18)(H,17,19). The molecule has 0 aromatic heterocycles. The van der Waals surface area contributed by atoms with E-state index in [4.69, 9.17) is 11.5 Å². The van der Waals surface area contributed by atoms with Gasteiger partial charge in [-0.3, -0.25) is 9.59 Å². The number of primary amides is 1. The smallest absolute Gasteiger partial charge is 0.257 e. The van der Waals surface area contributed by atoms with Crippen LogP contribution in [0.25, 0.3) is 0 Å². The number of nitrogens with two attached hydrogens (primary N) is 2. The Hall–Kier alpha value is -2.82. The van der Waals surface area contributed by atoms with Gasteiger partial charge in [0.25, 0.3) is 5.91 Å². The van der Waals surface area contributed by atoms with Gasteiger partial charge in [0.1, 0.15) is 0 Å². The molecule has 2 aromatic rings. The molecule has 0 aliphatic carbocycles. The summed E-state index contributed by atoms with van der Waals surface area (Å²) in [4.78, 5) is 22.9. The van der Waals surface area contributed by atoms with Crippen molar-refractivity contribution < 1.29 is 9.59 Å². The van der Waals surface area contributed by atoms with Crippen LogP contribution in [-0.2, 0) is 0 Å². The highest BCUT2D eigenvalue weighted by molar-refractivity contribution is 6.07. The highest BCUT2D eigenvalue weighted by Gasteiger charge is 2.09. The van der Waals surface area contributed by atoms with Crippen molar-refractivity contribution >= 4 is 23.2 Å². The molecule has 0 aliphatic heterocycles. The third kappa shape index (κ3) is 2.90. The molecule has 0 radical (unpaired) electrons. The molecule has 2 rings (SSSR count). The number of nitrogens with one attached hydrogen (secondary N) is 1. The first kappa shape index (κ1) is 12.6. The second kappa shape index (κ2) is 5.22. The van der Waals surface area contributed by atoms with E-state index < -0.39 is 5.91 Å². The second-order valence-corrected chi connectivity index (χ2v) is 3.98. The molecule has 0 heterocycles. The lowest BCUT2D eigenvalue weighted by molar-refractivity contribution is 0.0998. The minimum absolute atomic E-state index is 0.301. The van der Waals surface area contributed by atoms with Crippen molar-refractivity contribution in [2.45, 2.75) is 0 Å². The quantitative estimate of drug-likeness (QED) is 0.727. The highest BCUT2D eigenvalue weighted by Crippen LogP contribution is 2.14. The van der Waals surface area contributed by atoms with E-state index in [-0.39, 0.29) is 5.91 Å². The molecule has 0 saturated carbocycles. The molecule has 0 bridgehead atoms. The van der Waals surface area contributed by atoms with Crippen LogP contribution in [0.4, 0.5) is 11.4 Å². The minimum atomic E-state index is -0.509. The molecule has 5 heteroatoms. The molecule has 0 spiro atoms. The van der Waals surface area contributed by atoms with Gasteiger partial charge in [0, 0.05) is 16.9 Å². The molecule has 0 unspecified atom stereocenters. The van der Waals surface area contributed by atoms with Crippen LogP contribution in [0.2, 0.25) is 0 Å². The lowest BCUT2D eigenvalue weighted by atomic mass is 10.1. The SMILES string of the molecule is NC(=O)c1ccc(NC(=O)c2ccccc2N)cc1. The summed E-state index contributed by atoms with van der Waals surface area (Å²) in [5, 5.41) is 2.69. The summed E-state index contributed by atoms with van der Waals surface area (Å²) in [6.07, 6.45) is 0. The summed E-state index contributed by atoms with van der Waals surface area (Å²) in [7, 11) is 0. The van der Waals surface area contributed by atoms with Crippen LogP contribution >= 0.6 is 0 Å². The lowest BCUT2D eigenvalue weighted by Gasteiger charge is -2.07. The van der Waals surface area contributed by atoms with Crippen molar-refractivity contribution in [3.05, 3.63) is 59.7 Å². The number of para-hydroxylation sites is 1. The molecular formula is C14H13N3O2. The second-order valence-electron chi connectivity index (χ2n) is 3.98. The molecule has 96 valence electrons. The van der Waals surface area contributed by atoms with E-state index in [0.29, 0.717) is 22.5 Å². The minimum Gasteiger partial charge on any atom is -0.398 e. The molecular weight excluding hydrogens is 242 g/mol. The Bertz CT molecular complexity index is 621. The van der Waals surface area contributed by atoms with Gasteiger partial charge < -0.3 is 16.8 Å². The zero-order valence-corrected chi connectivity index (χ0v) is 10.1. The van der Waals surface area contributed by atoms with Crippen molar-refractivity contribution in [1.29, 1.82) is 0 Å². The molecule has 0 saturated heterocycles. The van der Waals surface area contributed by atoms with Gasteiger partial charge in [-0.15, -0.1) is 0 Å². The maximum Gasteiger partial charge on any atom is 0.257 e. The van der Waals surface area contributed by atoms with Gasteiger partial charge in [0.15, 0.2) is 0 Å². The average Bonchev–Trinajstić information content (AvgIpc) is 2.39. The fourth-order valence-corrected chi connectivity index (χ4v) is 1.62. The Kier molecular flexibility index (Phi) is 3.47. The molecule has 0 aliphatic rings. The lowest BCUT2D eigenvalue weighted by Crippen LogP contribution is -2.14. The van der Waals surface area contributed by atoms with Crippen molar-refractivity contribution in [3.8, 4) is 0 Å². The molecule has 19 heavy (non-hydrogen) atoms. The van der Waals surface area contributed by atoms with E-state index in [1.165, 1.54) is 0 Å². The Morgan fingerprint density at radius 1 is 0.947 bits per heavy atom. The first-order valence-corrected chi connectivity index (χ1v) is 5.63. The van der Waals surface area contributed by atoms with Crippen molar-refractivity contribution in [2.24, 2.45) is 5.73 Å². The summed E-state index contributed by atoms with van der Waals surface area (Å²) < 4.78 is 0. The van der Waals surface area contributed by atoms with Gasteiger partial charge in [-0.05, 0) is 36.4 Å². The predicted octanol–water partition coefficient (Wildman–Crippen LogP) is 1.62. The van der Waals surface area contributed by atoms with E-state index in [1.54, 1.807) is 48.5 Å². The molecule has 2 aromatic carbocycles. The Morgan fingerprint density at radius 2 is 1.58 bits per heavy atom. The van der Waals surface area contributed by atoms with Crippen LogP contribution < -0.4 is 16.8 Å². The third-order valence-electron chi connectivity index (χ3n) is 2.63. The molecule has 2 amide bonds. The van der Waals surface area contributed by atoms with E-state index in [2.05, 4.69) is 5.32 Å². The average molecular weight is 255 g/mol. The van der Waals surface area contributed by atoms with Gasteiger partial charge in [-0.25, -0.2) is 0 Å². The maximum atomic E-state index is 12.0. The van der Waals surface area contributed by atoms with Gasteiger partial charge in [-0.1, -0.05) is 12.1 Å².